The van der Waals surface area contributed by atoms with Crippen LogP contribution in [0.2, 0.25) is 10.0 Å². The van der Waals surface area contributed by atoms with Crippen molar-refractivity contribution in [2.24, 2.45) is 0 Å². The average molecular weight is 326 g/mol. The molecule has 0 saturated carbocycles. The second-order valence-electron chi connectivity index (χ2n) is 4.51. The second kappa shape index (κ2) is 7.55. The standard InChI is InChI=1S/C16H17Cl2NO2/c1-20-15-6-4-3-5-12(15)10-19-9-11-7-13(17)16(21-2)14(18)8-11/h3-8,19H,9-10H2,1-2H3. The number of hydrogen-bond donors (Lipinski definition) is 1. The molecule has 5 heteroatoms. The van der Waals surface area contributed by atoms with Crippen molar-refractivity contribution in [3.8, 4) is 11.5 Å². The summed E-state index contributed by atoms with van der Waals surface area (Å²) in [5.74, 6) is 1.38. The van der Waals surface area contributed by atoms with Crippen LogP contribution in [0.3, 0.4) is 0 Å². The van der Waals surface area contributed by atoms with Gasteiger partial charge in [0.2, 0.25) is 0 Å². The van der Waals surface area contributed by atoms with E-state index in [1.165, 1.54) is 0 Å². The SMILES string of the molecule is COc1ccccc1CNCc1cc(Cl)c(OC)c(Cl)c1. The molecule has 3 nitrogen and oxygen atoms in total. The normalized spacial score (nSPS) is 10.5. The van der Waals surface area contributed by atoms with E-state index in [1.807, 2.05) is 36.4 Å². The van der Waals surface area contributed by atoms with Crippen molar-refractivity contribution in [2.45, 2.75) is 13.1 Å². The van der Waals surface area contributed by atoms with E-state index < -0.39 is 0 Å². The highest BCUT2D eigenvalue weighted by molar-refractivity contribution is 6.37. The molecule has 1 N–H and O–H groups in total. The van der Waals surface area contributed by atoms with Crippen molar-refractivity contribution in [3.63, 3.8) is 0 Å². The summed E-state index contributed by atoms with van der Waals surface area (Å²) in [4.78, 5) is 0. The van der Waals surface area contributed by atoms with Crippen molar-refractivity contribution in [1.82, 2.24) is 5.32 Å². The van der Waals surface area contributed by atoms with Gasteiger partial charge in [0.1, 0.15) is 5.75 Å². The predicted molar refractivity (Wildman–Crippen MR) is 86.6 cm³/mol. The fourth-order valence-electron chi connectivity index (χ4n) is 2.10. The highest BCUT2D eigenvalue weighted by Crippen LogP contribution is 2.33. The summed E-state index contributed by atoms with van der Waals surface area (Å²) < 4.78 is 10.5. The van der Waals surface area contributed by atoms with E-state index in [1.54, 1.807) is 14.2 Å². The van der Waals surface area contributed by atoms with E-state index in [4.69, 9.17) is 32.7 Å². The second-order valence-corrected chi connectivity index (χ2v) is 5.32. The molecular formula is C16H17Cl2NO2. The lowest BCUT2D eigenvalue weighted by Crippen LogP contribution is -2.13. The Morgan fingerprint density at radius 3 is 2.24 bits per heavy atom. The zero-order valence-electron chi connectivity index (χ0n) is 12.0. The Morgan fingerprint density at radius 1 is 0.952 bits per heavy atom. The van der Waals surface area contributed by atoms with E-state index in [2.05, 4.69) is 5.32 Å². The molecule has 0 bridgehead atoms. The topological polar surface area (TPSA) is 30.5 Å². The van der Waals surface area contributed by atoms with Gasteiger partial charge in [-0.3, -0.25) is 0 Å². The predicted octanol–water partition coefficient (Wildman–Crippen LogP) is 4.30. The molecule has 2 aromatic rings. The minimum absolute atomic E-state index is 0.506. The summed E-state index contributed by atoms with van der Waals surface area (Å²) in [6, 6.07) is 11.6. The molecule has 112 valence electrons. The van der Waals surface area contributed by atoms with Gasteiger partial charge in [-0.05, 0) is 23.8 Å². The minimum Gasteiger partial charge on any atom is -0.496 e. The maximum atomic E-state index is 6.12. The van der Waals surface area contributed by atoms with Crippen LogP contribution in [0, 0.1) is 0 Å². The summed E-state index contributed by atoms with van der Waals surface area (Å²) in [7, 11) is 3.22. The monoisotopic (exact) mass is 325 g/mol. The Kier molecular flexibility index (Phi) is 5.74. The van der Waals surface area contributed by atoms with Crippen LogP contribution in [0.1, 0.15) is 11.1 Å². The molecule has 0 aliphatic rings. The van der Waals surface area contributed by atoms with Crippen LogP contribution in [-0.2, 0) is 13.1 Å². The molecule has 0 fully saturated rings. The van der Waals surface area contributed by atoms with Gasteiger partial charge in [-0.25, -0.2) is 0 Å². The number of benzene rings is 2. The van der Waals surface area contributed by atoms with Crippen LogP contribution >= 0.6 is 23.2 Å². The smallest absolute Gasteiger partial charge is 0.156 e. The van der Waals surface area contributed by atoms with Crippen LogP contribution in [0.4, 0.5) is 0 Å². The molecular weight excluding hydrogens is 309 g/mol. The number of nitrogens with one attached hydrogen (secondary N) is 1. The van der Waals surface area contributed by atoms with Crippen LogP contribution in [0.5, 0.6) is 11.5 Å². The van der Waals surface area contributed by atoms with Crippen LogP contribution in [0.15, 0.2) is 36.4 Å². The number of para-hydroxylation sites is 1. The van der Waals surface area contributed by atoms with Gasteiger partial charge in [-0.15, -0.1) is 0 Å². The average Bonchev–Trinajstić information content (AvgIpc) is 2.47. The van der Waals surface area contributed by atoms with Gasteiger partial charge < -0.3 is 14.8 Å². The van der Waals surface area contributed by atoms with Crippen molar-refractivity contribution in [3.05, 3.63) is 57.6 Å². The minimum atomic E-state index is 0.506. The molecule has 21 heavy (non-hydrogen) atoms. The summed E-state index contributed by atoms with van der Waals surface area (Å²) in [6.45, 7) is 1.35. The summed E-state index contributed by atoms with van der Waals surface area (Å²) in [6.07, 6.45) is 0. The summed E-state index contributed by atoms with van der Waals surface area (Å²) in [5.41, 5.74) is 2.10. The molecule has 0 aliphatic carbocycles. The van der Waals surface area contributed by atoms with E-state index in [0.29, 0.717) is 28.9 Å². The third-order valence-electron chi connectivity index (χ3n) is 3.10. The molecule has 0 aliphatic heterocycles. The van der Waals surface area contributed by atoms with Crippen molar-refractivity contribution in [1.29, 1.82) is 0 Å². The molecule has 0 aromatic heterocycles. The Balaban J connectivity index is 2.01. The number of halogens is 2. The van der Waals surface area contributed by atoms with Gasteiger partial charge >= 0.3 is 0 Å². The van der Waals surface area contributed by atoms with Crippen molar-refractivity contribution >= 4 is 23.2 Å². The molecule has 0 spiro atoms. The van der Waals surface area contributed by atoms with E-state index in [-0.39, 0.29) is 0 Å². The maximum absolute atomic E-state index is 6.12. The molecule has 0 atom stereocenters. The largest absolute Gasteiger partial charge is 0.496 e. The maximum Gasteiger partial charge on any atom is 0.156 e. The Bertz CT molecular complexity index is 594. The molecule has 0 heterocycles. The molecule has 0 amide bonds. The first-order valence-electron chi connectivity index (χ1n) is 6.50. The highest BCUT2D eigenvalue weighted by Gasteiger charge is 2.08. The Labute approximate surface area is 134 Å². The third-order valence-corrected chi connectivity index (χ3v) is 3.66. The fraction of sp³-hybridized carbons (Fsp3) is 0.250. The van der Waals surface area contributed by atoms with Crippen molar-refractivity contribution < 1.29 is 9.47 Å². The fourth-order valence-corrected chi connectivity index (χ4v) is 2.79. The van der Waals surface area contributed by atoms with Gasteiger partial charge in [-0.1, -0.05) is 41.4 Å². The van der Waals surface area contributed by atoms with Crippen LogP contribution in [0.25, 0.3) is 0 Å². The van der Waals surface area contributed by atoms with E-state index in [0.717, 1.165) is 16.9 Å². The Hall–Kier alpha value is -1.42. The Morgan fingerprint density at radius 2 is 1.62 bits per heavy atom. The number of ether oxygens (including phenoxy) is 2. The highest BCUT2D eigenvalue weighted by atomic mass is 35.5. The first-order chi connectivity index (χ1) is 10.2. The molecule has 2 aromatic carbocycles. The van der Waals surface area contributed by atoms with E-state index in [9.17, 15) is 0 Å². The zero-order chi connectivity index (χ0) is 15.2. The van der Waals surface area contributed by atoms with Gasteiger partial charge in [0.05, 0.1) is 24.3 Å². The molecule has 0 saturated heterocycles. The van der Waals surface area contributed by atoms with Gasteiger partial charge in [0.25, 0.3) is 0 Å². The first kappa shape index (κ1) is 16.0. The van der Waals surface area contributed by atoms with Gasteiger partial charge in [-0.2, -0.15) is 0 Å². The summed E-state index contributed by atoms with van der Waals surface area (Å²) in [5, 5.41) is 4.37. The quantitative estimate of drug-likeness (QED) is 0.858. The van der Waals surface area contributed by atoms with Crippen LogP contribution < -0.4 is 14.8 Å². The van der Waals surface area contributed by atoms with Gasteiger partial charge in [0.15, 0.2) is 5.75 Å². The molecule has 0 radical (unpaired) electrons. The van der Waals surface area contributed by atoms with E-state index >= 15 is 0 Å². The third kappa shape index (κ3) is 4.03. The van der Waals surface area contributed by atoms with Crippen LogP contribution in [-0.4, -0.2) is 14.2 Å². The van der Waals surface area contributed by atoms with Crippen molar-refractivity contribution in [2.75, 3.05) is 14.2 Å². The van der Waals surface area contributed by atoms with Gasteiger partial charge in [0, 0.05) is 18.7 Å². The first-order valence-corrected chi connectivity index (χ1v) is 7.25. The lowest BCUT2D eigenvalue weighted by molar-refractivity contribution is 0.407. The number of rotatable bonds is 6. The number of hydrogen-bond acceptors (Lipinski definition) is 3. The zero-order valence-corrected chi connectivity index (χ0v) is 13.5. The number of methoxy groups -OCH3 is 2. The molecule has 2 rings (SSSR count). The lowest BCUT2D eigenvalue weighted by Gasteiger charge is -2.11. The molecule has 0 unspecified atom stereocenters. The summed E-state index contributed by atoms with van der Waals surface area (Å²) >= 11 is 12.2. The lowest BCUT2D eigenvalue weighted by atomic mass is 10.2.